The van der Waals surface area contributed by atoms with Crippen LogP contribution in [0.2, 0.25) is 5.02 Å². The molecule has 7 nitrogen and oxygen atoms in total. The Morgan fingerprint density at radius 3 is 2.09 bits per heavy atom. The summed E-state index contributed by atoms with van der Waals surface area (Å²) in [5.74, 6) is -0.184. The lowest BCUT2D eigenvalue weighted by atomic mass is 10.0. The Morgan fingerprint density at radius 2 is 1.52 bits per heavy atom. The van der Waals surface area contributed by atoms with Crippen LogP contribution in [0.25, 0.3) is 0 Å². The standard InChI is InChI=1S/C24H23ClN2O5S/c1-16-4-13-21(33(30,31)27(2)3)14-22(16)26-23(28)15-32-20-11-7-18(8-12-20)24(29)17-5-9-19(25)10-6-17/h4-14H,15H2,1-3H3,(H,26,28). The van der Waals surface area contributed by atoms with Crippen LogP contribution in [0.3, 0.4) is 0 Å². The third-order valence-corrected chi connectivity index (χ3v) is 6.92. The first-order valence-electron chi connectivity index (χ1n) is 9.94. The van der Waals surface area contributed by atoms with E-state index in [1.165, 1.54) is 26.2 Å². The van der Waals surface area contributed by atoms with Crippen molar-refractivity contribution in [1.82, 2.24) is 4.31 Å². The van der Waals surface area contributed by atoms with E-state index in [-0.39, 0.29) is 17.3 Å². The van der Waals surface area contributed by atoms with Gasteiger partial charge >= 0.3 is 0 Å². The minimum absolute atomic E-state index is 0.0789. The Hall–Kier alpha value is -3.20. The monoisotopic (exact) mass is 486 g/mol. The Morgan fingerprint density at radius 1 is 0.939 bits per heavy atom. The van der Waals surface area contributed by atoms with Crippen molar-refractivity contribution in [3.8, 4) is 5.75 Å². The summed E-state index contributed by atoms with van der Waals surface area (Å²) < 4.78 is 31.3. The second-order valence-electron chi connectivity index (χ2n) is 7.46. The maximum Gasteiger partial charge on any atom is 0.262 e. The fourth-order valence-corrected chi connectivity index (χ4v) is 3.97. The average molecular weight is 487 g/mol. The van der Waals surface area contributed by atoms with Crippen LogP contribution in [-0.4, -0.2) is 45.1 Å². The maximum absolute atomic E-state index is 12.5. The van der Waals surface area contributed by atoms with E-state index < -0.39 is 15.9 Å². The van der Waals surface area contributed by atoms with Crippen LogP contribution in [0.1, 0.15) is 21.5 Å². The SMILES string of the molecule is Cc1ccc(S(=O)(=O)N(C)C)cc1NC(=O)COc1ccc(C(=O)c2ccc(Cl)cc2)cc1. The molecule has 0 heterocycles. The van der Waals surface area contributed by atoms with Crippen LogP contribution in [0, 0.1) is 6.92 Å². The normalized spacial score (nSPS) is 11.3. The van der Waals surface area contributed by atoms with Crippen LogP contribution in [0.15, 0.2) is 71.6 Å². The number of rotatable bonds is 8. The summed E-state index contributed by atoms with van der Waals surface area (Å²) in [7, 11) is -0.744. The summed E-state index contributed by atoms with van der Waals surface area (Å²) >= 11 is 5.85. The Kier molecular flexibility index (Phi) is 7.53. The summed E-state index contributed by atoms with van der Waals surface area (Å²) in [4.78, 5) is 25.0. The van der Waals surface area contributed by atoms with Gasteiger partial charge in [-0.05, 0) is 73.2 Å². The number of anilines is 1. The Balaban J connectivity index is 1.62. The second-order valence-corrected chi connectivity index (χ2v) is 10.0. The van der Waals surface area contributed by atoms with Crippen molar-refractivity contribution in [2.45, 2.75) is 11.8 Å². The average Bonchev–Trinajstić information content (AvgIpc) is 2.79. The van der Waals surface area contributed by atoms with Crippen LogP contribution in [0.4, 0.5) is 5.69 Å². The number of benzene rings is 3. The maximum atomic E-state index is 12.5. The topological polar surface area (TPSA) is 92.8 Å². The number of carbonyl (C=O) groups excluding carboxylic acids is 2. The highest BCUT2D eigenvalue weighted by Gasteiger charge is 2.19. The van der Waals surface area contributed by atoms with Crippen molar-refractivity contribution in [3.05, 3.63) is 88.4 Å². The molecular weight excluding hydrogens is 464 g/mol. The van der Waals surface area contributed by atoms with Crippen molar-refractivity contribution in [3.63, 3.8) is 0 Å². The van der Waals surface area contributed by atoms with Gasteiger partial charge in [-0.25, -0.2) is 12.7 Å². The first kappa shape index (κ1) is 24.4. The van der Waals surface area contributed by atoms with E-state index in [2.05, 4.69) is 5.32 Å². The highest BCUT2D eigenvalue weighted by atomic mass is 35.5. The van der Waals surface area contributed by atoms with Crippen LogP contribution in [0.5, 0.6) is 5.75 Å². The number of sulfonamides is 1. The predicted molar refractivity (Wildman–Crippen MR) is 128 cm³/mol. The second kappa shape index (κ2) is 10.2. The van der Waals surface area contributed by atoms with Gasteiger partial charge in [0.15, 0.2) is 12.4 Å². The zero-order valence-corrected chi connectivity index (χ0v) is 19.9. The molecule has 0 aliphatic rings. The van der Waals surface area contributed by atoms with Gasteiger partial charge in [0.05, 0.1) is 4.90 Å². The molecule has 0 saturated carbocycles. The van der Waals surface area contributed by atoms with Crippen molar-refractivity contribution < 1.29 is 22.7 Å². The van der Waals surface area contributed by atoms with Gasteiger partial charge in [0.2, 0.25) is 10.0 Å². The molecule has 0 atom stereocenters. The molecule has 0 fully saturated rings. The molecule has 3 aromatic rings. The van der Waals surface area contributed by atoms with Gasteiger partial charge in [-0.3, -0.25) is 9.59 Å². The van der Waals surface area contributed by atoms with E-state index in [1.807, 2.05) is 0 Å². The smallest absolute Gasteiger partial charge is 0.262 e. The summed E-state index contributed by atoms with van der Waals surface area (Å²) in [6.45, 7) is 1.48. The number of halogens is 1. The molecule has 0 aliphatic carbocycles. The molecule has 3 aromatic carbocycles. The molecule has 0 aliphatic heterocycles. The van der Waals surface area contributed by atoms with Crippen LogP contribution in [-0.2, 0) is 14.8 Å². The molecule has 0 spiro atoms. The van der Waals surface area contributed by atoms with Gasteiger partial charge in [-0.15, -0.1) is 0 Å². The van der Waals surface area contributed by atoms with Gasteiger partial charge in [-0.1, -0.05) is 17.7 Å². The van der Waals surface area contributed by atoms with E-state index in [0.29, 0.717) is 33.1 Å². The van der Waals surface area contributed by atoms with E-state index in [9.17, 15) is 18.0 Å². The highest BCUT2D eigenvalue weighted by molar-refractivity contribution is 7.89. The number of hydrogen-bond donors (Lipinski definition) is 1. The number of nitrogens with zero attached hydrogens (tertiary/aromatic N) is 1. The van der Waals surface area contributed by atoms with Crippen LogP contribution < -0.4 is 10.1 Å². The third kappa shape index (κ3) is 5.98. The van der Waals surface area contributed by atoms with Crippen molar-refractivity contribution in [2.75, 3.05) is 26.0 Å². The zero-order chi connectivity index (χ0) is 24.2. The number of ketones is 1. The van der Waals surface area contributed by atoms with E-state index in [4.69, 9.17) is 16.3 Å². The molecule has 33 heavy (non-hydrogen) atoms. The molecule has 0 bridgehead atoms. The largest absolute Gasteiger partial charge is 0.484 e. The molecule has 0 saturated heterocycles. The van der Waals surface area contributed by atoms with Crippen molar-refractivity contribution in [2.24, 2.45) is 0 Å². The lowest BCUT2D eigenvalue weighted by Crippen LogP contribution is -2.23. The number of amides is 1. The number of aryl methyl sites for hydroxylation is 1. The number of ether oxygens (including phenoxy) is 1. The van der Waals surface area contributed by atoms with Crippen LogP contribution >= 0.6 is 11.6 Å². The number of nitrogens with one attached hydrogen (secondary N) is 1. The number of carbonyl (C=O) groups is 2. The molecule has 0 unspecified atom stereocenters. The molecule has 9 heteroatoms. The summed E-state index contributed by atoms with van der Waals surface area (Å²) in [6, 6.07) is 17.6. The fourth-order valence-electron chi connectivity index (χ4n) is 2.91. The Labute approximate surface area is 198 Å². The first-order chi connectivity index (χ1) is 15.6. The predicted octanol–water partition coefficient (Wildman–Crippen LogP) is 4.15. The molecule has 0 aromatic heterocycles. The molecular formula is C24H23ClN2O5S. The van der Waals surface area contributed by atoms with Gasteiger partial charge in [0, 0.05) is 35.9 Å². The minimum atomic E-state index is -3.62. The molecule has 1 N–H and O–H groups in total. The quantitative estimate of drug-likeness (QED) is 0.483. The first-order valence-corrected chi connectivity index (χ1v) is 11.8. The lowest BCUT2D eigenvalue weighted by Gasteiger charge is -2.14. The molecule has 1 amide bonds. The van der Waals surface area contributed by atoms with E-state index >= 15 is 0 Å². The summed E-state index contributed by atoms with van der Waals surface area (Å²) in [5.41, 5.74) is 2.09. The van der Waals surface area contributed by atoms with Gasteiger partial charge in [0.1, 0.15) is 5.75 Å². The van der Waals surface area contributed by atoms with Crippen molar-refractivity contribution in [1.29, 1.82) is 0 Å². The summed E-state index contributed by atoms with van der Waals surface area (Å²) in [6.07, 6.45) is 0. The lowest BCUT2D eigenvalue weighted by molar-refractivity contribution is -0.118. The zero-order valence-electron chi connectivity index (χ0n) is 18.3. The van der Waals surface area contributed by atoms with Crippen molar-refractivity contribution >= 4 is 39.0 Å². The van der Waals surface area contributed by atoms with E-state index in [0.717, 1.165) is 4.31 Å². The highest BCUT2D eigenvalue weighted by Crippen LogP contribution is 2.22. The summed E-state index contributed by atoms with van der Waals surface area (Å²) in [5, 5.41) is 3.23. The molecule has 3 rings (SSSR count). The number of hydrogen-bond acceptors (Lipinski definition) is 5. The fraction of sp³-hybridized carbons (Fsp3) is 0.167. The van der Waals surface area contributed by atoms with Gasteiger partial charge < -0.3 is 10.1 Å². The molecule has 0 radical (unpaired) electrons. The van der Waals surface area contributed by atoms with E-state index in [1.54, 1.807) is 61.5 Å². The molecule has 172 valence electrons. The minimum Gasteiger partial charge on any atom is -0.484 e. The third-order valence-electron chi connectivity index (χ3n) is 4.85. The van der Waals surface area contributed by atoms with Gasteiger partial charge in [-0.2, -0.15) is 0 Å². The Bertz CT molecular complexity index is 1270. The van der Waals surface area contributed by atoms with Gasteiger partial charge in [0.25, 0.3) is 5.91 Å².